The Morgan fingerprint density at radius 3 is 2.47 bits per heavy atom. The average molecular weight is 429 g/mol. The third-order valence-corrected chi connectivity index (χ3v) is 2.81. The molecule has 0 amide bonds. The van der Waals surface area contributed by atoms with Gasteiger partial charge in [-0.3, -0.25) is 0 Å². The summed E-state index contributed by atoms with van der Waals surface area (Å²) in [6.45, 7) is 2.15. The molecule has 2 aromatic rings. The molecule has 0 saturated carbocycles. The summed E-state index contributed by atoms with van der Waals surface area (Å²) in [5, 5.41) is 2.65. The Morgan fingerprint density at radius 2 is 1.71 bits per heavy atom. The fraction of sp³-hybridized carbons (Fsp3) is 0.143. The van der Waals surface area contributed by atoms with Crippen LogP contribution in [0.4, 0.5) is 0 Å². The number of hydrogen-bond acceptors (Lipinski definition) is 0. The van der Waals surface area contributed by atoms with E-state index in [0.717, 1.165) is 6.42 Å². The topological polar surface area (TPSA) is 0 Å². The van der Waals surface area contributed by atoms with Crippen LogP contribution in [0.3, 0.4) is 0 Å². The van der Waals surface area contributed by atoms with Crippen molar-refractivity contribution in [2.75, 3.05) is 0 Å². The molecule has 0 unspecified atom stereocenters. The van der Waals surface area contributed by atoms with Gasteiger partial charge in [-0.15, -0.1) is 28.7 Å². The maximum absolute atomic E-state index is 3.46. The summed E-state index contributed by atoms with van der Waals surface area (Å²) in [6.07, 6.45) is 4.53. The van der Waals surface area contributed by atoms with Gasteiger partial charge in [-0.25, -0.2) is 0 Å². The summed E-state index contributed by atoms with van der Waals surface area (Å²) in [5.74, 6) is 0. The quantitative estimate of drug-likeness (QED) is 0.322. The molecule has 1 aliphatic rings. The molecule has 3 rings (SSSR count). The Bertz CT molecular complexity index is 547. The van der Waals surface area contributed by atoms with E-state index in [1.54, 1.807) is 0 Å². The SMILES string of the molecule is CC1=[C-]c2c(ccc3ccccc23)C1.[Cl-].[Cl-].[Hf]. The summed E-state index contributed by atoms with van der Waals surface area (Å²) in [6, 6.07) is 12.9. The van der Waals surface area contributed by atoms with Crippen molar-refractivity contribution >= 4 is 10.8 Å². The molecule has 3 heteroatoms. The summed E-state index contributed by atoms with van der Waals surface area (Å²) in [5.41, 5.74) is 4.07. The summed E-state index contributed by atoms with van der Waals surface area (Å²) in [7, 11) is 0. The minimum Gasteiger partial charge on any atom is -1.00 e. The van der Waals surface area contributed by atoms with Crippen LogP contribution in [-0.2, 0) is 32.3 Å². The predicted molar refractivity (Wildman–Crippen MR) is 59.2 cm³/mol. The molecule has 0 saturated heterocycles. The van der Waals surface area contributed by atoms with Gasteiger partial charge < -0.3 is 24.8 Å². The first-order valence-electron chi connectivity index (χ1n) is 4.95. The maximum Gasteiger partial charge on any atom is 0 e. The molecule has 0 spiro atoms. The number of hydrogen-bond donors (Lipinski definition) is 0. The molecule has 0 radical (unpaired) electrons. The standard InChI is InChI=1S/C14H11.2ClH.Hf/c1-10-8-12-7-6-11-4-2-3-5-13(11)14(12)9-10;;;/h2-7H,8H2,1H3;2*1H;/q-1;;;/p-2. The van der Waals surface area contributed by atoms with Crippen molar-refractivity contribution in [3.8, 4) is 0 Å². The van der Waals surface area contributed by atoms with E-state index in [-0.39, 0.29) is 50.7 Å². The Kier molecular flexibility index (Phi) is 6.68. The van der Waals surface area contributed by atoms with E-state index in [9.17, 15) is 0 Å². The summed E-state index contributed by atoms with van der Waals surface area (Å²) in [4.78, 5) is 0. The van der Waals surface area contributed by atoms with Gasteiger partial charge in [0.25, 0.3) is 0 Å². The second-order valence-corrected chi connectivity index (χ2v) is 3.90. The number of allylic oxidation sites excluding steroid dienone is 1. The molecule has 1 aliphatic carbocycles. The van der Waals surface area contributed by atoms with E-state index in [0.29, 0.717) is 0 Å². The third kappa shape index (κ3) is 3.01. The van der Waals surface area contributed by atoms with Crippen LogP contribution in [0, 0.1) is 6.08 Å². The van der Waals surface area contributed by atoms with Crippen molar-refractivity contribution in [2.45, 2.75) is 13.3 Å². The zero-order chi connectivity index (χ0) is 9.54. The number of rotatable bonds is 0. The monoisotopic (exact) mass is 429 g/mol. The second-order valence-electron chi connectivity index (χ2n) is 3.90. The first-order chi connectivity index (χ1) is 6.84. The predicted octanol–water partition coefficient (Wildman–Crippen LogP) is -2.50. The van der Waals surface area contributed by atoms with Crippen LogP contribution in [0.15, 0.2) is 42.0 Å². The largest absolute Gasteiger partial charge is 1.00 e. The second kappa shape index (κ2) is 6.72. The van der Waals surface area contributed by atoms with E-state index in [4.69, 9.17) is 0 Å². The van der Waals surface area contributed by atoms with E-state index >= 15 is 0 Å². The van der Waals surface area contributed by atoms with Crippen LogP contribution < -0.4 is 24.8 Å². The van der Waals surface area contributed by atoms with E-state index in [1.807, 2.05) is 0 Å². The molecular formula is C14H11Cl2Hf-3. The van der Waals surface area contributed by atoms with E-state index < -0.39 is 0 Å². The van der Waals surface area contributed by atoms with Crippen molar-refractivity contribution in [2.24, 2.45) is 0 Å². The average Bonchev–Trinajstić information content (AvgIpc) is 2.59. The Labute approximate surface area is 133 Å². The minimum atomic E-state index is 0. The molecule has 88 valence electrons. The van der Waals surface area contributed by atoms with Crippen LogP contribution >= 0.6 is 0 Å². The molecule has 0 heterocycles. The smallest absolute Gasteiger partial charge is 0 e. The van der Waals surface area contributed by atoms with Gasteiger partial charge in [-0.2, -0.15) is 11.6 Å². The first kappa shape index (κ1) is 16.9. The van der Waals surface area contributed by atoms with Crippen LogP contribution in [0.5, 0.6) is 0 Å². The molecule has 2 aromatic carbocycles. The van der Waals surface area contributed by atoms with Crippen molar-refractivity contribution in [1.29, 1.82) is 0 Å². The van der Waals surface area contributed by atoms with Gasteiger partial charge >= 0.3 is 0 Å². The van der Waals surface area contributed by atoms with Gasteiger partial charge in [0.2, 0.25) is 0 Å². The van der Waals surface area contributed by atoms with Crippen LogP contribution in [-0.4, -0.2) is 0 Å². The third-order valence-electron chi connectivity index (χ3n) is 2.81. The minimum absolute atomic E-state index is 0. The van der Waals surface area contributed by atoms with Gasteiger partial charge in [-0.1, -0.05) is 43.0 Å². The summed E-state index contributed by atoms with van der Waals surface area (Å²) >= 11 is 0. The van der Waals surface area contributed by atoms with Crippen LogP contribution in [0.25, 0.3) is 10.8 Å². The van der Waals surface area contributed by atoms with Crippen molar-refractivity contribution in [3.05, 3.63) is 59.2 Å². The number of fused-ring (bicyclic) bond motifs is 3. The Balaban J connectivity index is 0.000000853. The summed E-state index contributed by atoms with van der Waals surface area (Å²) < 4.78 is 0. The van der Waals surface area contributed by atoms with Crippen molar-refractivity contribution in [3.63, 3.8) is 0 Å². The maximum atomic E-state index is 3.46. The molecule has 0 fully saturated rings. The molecule has 0 aliphatic heterocycles. The van der Waals surface area contributed by atoms with E-state index in [2.05, 4.69) is 49.4 Å². The number of halogens is 2. The molecule has 0 atom stereocenters. The number of benzene rings is 2. The zero-order valence-electron chi connectivity index (χ0n) is 9.43. The normalized spacial score (nSPS) is 11.7. The molecule has 0 bridgehead atoms. The van der Waals surface area contributed by atoms with Crippen LogP contribution in [0.1, 0.15) is 18.1 Å². The van der Waals surface area contributed by atoms with Crippen molar-refractivity contribution < 1.29 is 50.7 Å². The Hall–Kier alpha value is -0.110. The van der Waals surface area contributed by atoms with Crippen LogP contribution in [0.2, 0.25) is 0 Å². The molecule has 0 aromatic heterocycles. The fourth-order valence-electron chi connectivity index (χ4n) is 2.15. The van der Waals surface area contributed by atoms with Gasteiger partial charge in [0.15, 0.2) is 0 Å². The molecular weight excluding hydrogens is 418 g/mol. The van der Waals surface area contributed by atoms with Gasteiger partial charge in [0.05, 0.1) is 0 Å². The van der Waals surface area contributed by atoms with E-state index in [1.165, 1.54) is 27.5 Å². The fourth-order valence-corrected chi connectivity index (χ4v) is 2.15. The zero-order valence-corrected chi connectivity index (χ0v) is 14.5. The van der Waals surface area contributed by atoms with Gasteiger partial charge in [-0.05, 0) is 0 Å². The molecule has 0 nitrogen and oxygen atoms in total. The van der Waals surface area contributed by atoms with Crippen molar-refractivity contribution in [1.82, 2.24) is 0 Å². The first-order valence-corrected chi connectivity index (χ1v) is 4.95. The molecule has 0 N–H and O–H groups in total. The van der Waals surface area contributed by atoms with Gasteiger partial charge in [0, 0.05) is 25.8 Å². The van der Waals surface area contributed by atoms with Gasteiger partial charge in [0.1, 0.15) is 0 Å². The molecule has 17 heavy (non-hydrogen) atoms. The Morgan fingerprint density at radius 1 is 1.00 bits per heavy atom.